The number of hydrazone groups is 1. The van der Waals surface area contributed by atoms with Crippen LogP contribution in [0.3, 0.4) is 0 Å². The number of ether oxygens (including phenoxy) is 1. The summed E-state index contributed by atoms with van der Waals surface area (Å²) in [5.74, 6) is 0. The molecule has 110 valence electrons. The zero-order valence-electron chi connectivity index (χ0n) is 12.0. The minimum atomic E-state index is -0.0873. The maximum absolute atomic E-state index is 12.5. The Labute approximate surface area is 122 Å². The summed E-state index contributed by atoms with van der Waals surface area (Å²) in [6, 6.07) is 9.50. The fourth-order valence-electron chi connectivity index (χ4n) is 2.28. The number of nitrogens with one attached hydrogen (secondary N) is 1. The largest absolute Gasteiger partial charge is 0.378 e. The van der Waals surface area contributed by atoms with Gasteiger partial charge in [0.2, 0.25) is 0 Å². The van der Waals surface area contributed by atoms with Crippen molar-refractivity contribution in [3.63, 3.8) is 0 Å². The van der Waals surface area contributed by atoms with Gasteiger partial charge < -0.3 is 4.74 Å². The number of nitrogens with zero attached hydrogens (tertiary/aromatic N) is 3. The molecule has 21 heavy (non-hydrogen) atoms. The van der Waals surface area contributed by atoms with E-state index < -0.39 is 0 Å². The quantitative estimate of drug-likeness (QED) is 0.861. The summed E-state index contributed by atoms with van der Waals surface area (Å²) in [6.07, 6.45) is 1.64. The third-order valence-electron chi connectivity index (χ3n) is 3.47. The predicted molar refractivity (Wildman–Crippen MR) is 81.1 cm³/mol. The number of rotatable bonds is 3. The van der Waals surface area contributed by atoms with Crippen molar-refractivity contribution in [2.24, 2.45) is 5.10 Å². The van der Waals surface area contributed by atoms with Crippen LogP contribution in [0.5, 0.6) is 0 Å². The Kier molecular flexibility index (Phi) is 3.87. The molecule has 1 saturated heterocycles. The summed E-state index contributed by atoms with van der Waals surface area (Å²) in [5.41, 5.74) is 2.12. The van der Waals surface area contributed by atoms with E-state index in [1.54, 1.807) is 6.21 Å². The highest BCUT2D eigenvalue weighted by molar-refractivity contribution is 5.80. The van der Waals surface area contributed by atoms with Gasteiger partial charge in [-0.3, -0.25) is 14.9 Å². The van der Waals surface area contributed by atoms with Gasteiger partial charge in [-0.15, -0.1) is 0 Å². The minimum Gasteiger partial charge on any atom is -0.378 e. The number of hydrogen-bond donors (Lipinski definition) is 1. The number of morpholine rings is 1. The molecule has 6 heteroatoms. The second kappa shape index (κ2) is 5.97. The minimum absolute atomic E-state index is 0.0873. The molecule has 1 aromatic heterocycles. The molecule has 1 N–H and O–H groups in total. The van der Waals surface area contributed by atoms with Gasteiger partial charge >= 0.3 is 0 Å². The Morgan fingerprint density at radius 1 is 1.24 bits per heavy atom. The van der Waals surface area contributed by atoms with Gasteiger partial charge in [0.1, 0.15) is 0 Å². The molecule has 2 aromatic rings. The van der Waals surface area contributed by atoms with Gasteiger partial charge in [-0.2, -0.15) is 5.10 Å². The second-order valence-corrected chi connectivity index (χ2v) is 4.94. The molecule has 0 spiro atoms. The van der Waals surface area contributed by atoms with Crippen molar-refractivity contribution in [3.05, 3.63) is 51.9 Å². The third kappa shape index (κ3) is 2.90. The van der Waals surface area contributed by atoms with Crippen LogP contribution in [0.25, 0.3) is 5.69 Å². The van der Waals surface area contributed by atoms with Crippen molar-refractivity contribution < 1.29 is 4.74 Å². The zero-order valence-corrected chi connectivity index (χ0v) is 12.0. The van der Waals surface area contributed by atoms with E-state index in [1.807, 2.05) is 42.3 Å². The Bertz CT molecular complexity index is 681. The number of benzene rings is 1. The van der Waals surface area contributed by atoms with Gasteiger partial charge in [-0.1, -0.05) is 18.2 Å². The fraction of sp³-hybridized carbons (Fsp3) is 0.333. The number of aryl methyl sites for hydroxylation is 1. The van der Waals surface area contributed by atoms with Gasteiger partial charge in [-0.25, -0.2) is 4.68 Å². The van der Waals surface area contributed by atoms with Crippen LogP contribution < -0.4 is 5.56 Å². The van der Waals surface area contributed by atoms with Crippen LogP contribution in [0, 0.1) is 6.92 Å². The monoisotopic (exact) mass is 286 g/mol. The molecule has 0 radical (unpaired) electrons. The SMILES string of the molecule is Cc1[nH]n(-c2ccccc2)c(=O)c1/C=N/N1CCOCC1. The van der Waals surface area contributed by atoms with E-state index in [0.29, 0.717) is 18.8 Å². The fourth-order valence-corrected chi connectivity index (χ4v) is 2.28. The van der Waals surface area contributed by atoms with Crippen LogP contribution in [0.15, 0.2) is 40.2 Å². The molecular weight excluding hydrogens is 268 g/mol. The number of para-hydroxylation sites is 1. The third-order valence-corrected chi connectivity index (χ3v) is 3.47. The molecule has 0 unspecified atom stereocenters. The molecule has 2 heterocycles. The second-order valence-electron chi connectivity index (χ2n) is 4.94. The highest BCUT2D eigenvalue weighted by atomic mass is 16.5. The van der Waals surface area contributed by atoms with E-state index >= 15 is 0 Å². The Hall–Kier alpha value is -2.34. The highest BCUT2D eigenvalue weighted by Crippen LogP contribution is 2.06. The predicted octanol–water partition coefficient (Wildman–Crippen LogP) is 1.14. The van der Waals surface area contributed by atoms with E-state index in [4.69, 9.17) is 4.74 Å². The van der Waals surface area contributed by atoms with Crippen molar-refractivity contribution in [1.29, 1.82) is 0 Å². The normalized spacial score (nSPS) is 15.8. The lowest BCUT2D eigenvalue weighted by Gasteiger charge is -2.23. The van der Waals surface area contributed by atoms with E-state index in [9.17, 15) is 4.79 Å². The molecule has 0 saturated carbocycles. The van der Waals surface area contributed by atoms with Gasteiger partial charge in [0, 0.05) is 5.69 Å². The summed E-state index contributed by atoms with van der Waals surface area (Å²) in [5, 5.41) is 9.38. The van der Waals surface area contributed by atoms with Crippen LogP contribution in [0.2, 0.25) is 0 Å². The summed E-state index contributed by atoms with van der Waals surface area (Å²) in [6.45, 7) is 4.75. The van der Waals surface area contributed by atoms with Crippen molar-refractivity contribution in [3.8, 4) is 5.69 Å². The smallest absolute Gasteiger partial charge is 0.280 e. The number of H-pyrrole nitrogens is 1. The average molecular weight is 286 g/mol. The molecule has 1 aliphatic heterocycles. The molecule has 3 rings (SSSR count). The van der Waals surface area contributed by atoms with Crippen LogP contribution in [0.4, 0.5) is 0 Å². The molecule has 1 aliphatic rings. The van der Waals surface area contributed by atoms with E-state index in [2.05, 4.69) is 10.2 Å². The van der Waals surface area contributed by atoms with Crippen molar-refractivity contribution in [2.45, 2.75) is 6.92 Å². The molecule has 0 amide bonds. The number of aromatic nitrogens is 2. The summed E-state index contributed by atoms with van der Waals surface area (Å²) in [7, 11) is 0. The Balaban J connectivity index is 1.88. The first-order valence-electron chi connectivity index (χ1n) is 6.99. The van der Waals surface area contributed by atoms with Crippen molar-refractivity contribution >= 4 is 6.21 Å². The van der Waals surface area contributed by atoms with Crippen LogP contribution in [-0.4, -0.2) is 47.3 Å². The molecule has 6 nitrogen and oxygen atoms in total. The standard InChI is InChI=1S/C15H18N4O2/c1-12-14(11-16-18-7-9-21-10-8-18)15(20)19(17-12)13-5-3-2-4-6-13/h2-6,11,17H,7-10H2,1H3/b16-11+. The average Bonchev–Trinajstić information content (AvgIpc) is 2.82. The topological polar surface area (TPSA) is 62.6 Å². The maximum atomic E-state index is 12.5. The number of hydrogen-bond acceptors (Lipinski definition) is 4. The molecule has 1 fully saturated rings. The summed E-state index contributed by atoms with van der Waals surface area (Å²) in [4.78, 5) is 12.5. The molecule has 0 aliphatic carbocycles. The molecular formula is C15H18N4O2. The summed E-state index contributed by atoms with van der Waals surface area (Å²) >= 11 is 0. The van der Waals surface area contributed by atoms with Crippen molar-refractivity contribution in [2.75, 3.05) is 26.3 Å². The first-order valence-corrected chi connectivity index (χ1v) is 6.99. The first-order chi connectivity index (χ1) is 10.3. The molecule has 1 aromatic carbocycles. The maximum Gasteiger partial charge on any atom is 0.280 e. The lowest BCUT2D eigenvalue weighted by Crippen LogP contribution is -2.32. The zero-order chi connectivity index (χ0) is 14.7. The molecule has 0 bridgehead atoms. The summed E-state index contributed by atoms with van der Waals surface area (Å²) < 4.78 is 6.81. The van der Waals surface area contributed by atoms with Crippen LogP contribution >= 0.6 is 0 Å². The van der Waals surface area contributed by atoms with Crippen molar-refractivity contribution in [1.82, 2.24) is 14.8 Å². The number of aromatic amines is 1. The van der Waals surface area contributed by atoms with Gasteiger partial charge in [0.15, 0.2) is 0 Å². The van der Waals surface area contributed by atoms with E-state index in [0.717, 1.165) is 24.5 Å². The first kappa shape index (κ1) is 13.6. The molecule has 0 atom stereocenters. The van der Waals surface area contributed by atoms with Gasteiger partial charge in [0.05, 0.1) is 43.8 Å². The van der Waals surface area contributed by atoms with E-state index in [1.165, 1.54) is 4.68 Å². The van der Waals surface area contributed by atoms with Gasteiger partial charge in [-0.05, 0) is 19.1 Å². The van der Waals surface area contributed by atoms with Crippen LogP contribution in [-0.2, 0) is 4.74 Å². The highest BCUT2D eigenvalue weighted by Gasteiger charge is 2.12. The van der Waals surface area contributed by atoms with Crippen LogP contribution in [0.1, 0.15) is 11.3 Å². The Morgan fingerprint density at radius 2 is 1.95 bits per heavy atom. The lowest BCUT2D eigenvalue weighted by atomic mass is 10.3. The Morgan fingerprint density at radius 3 is 2.67 bits per heavy atom. The lowest BCUT2D eigenvalue weighted by molar-refractivity contribution is 0.0397. The van der Waals surface area contributed by atoms with E-state index in [-0.39, 0.29) is 5.56 Å². The van der Waals surface area contributed by atoms with Gasteiger partial charge in [0.25, 0.3) is 5.56 Å².